The summed E-state index contributed by atoms with van der Waals surface area (Å²) in [6.07, 6.45) is 3.70. The van der Waals surface area contributed by atoms with Gasteiger partial charge in [0, 0.05) is 13.1 Å². The van der Waals surface area contributed by atoms with E-state index >= 15 is 0 Å². The number of morpholine rings is 1. The van der Waals surface area contributed by atoms with Crippen molar-refractivity contribution in [3.8, 4) is 0 Å². The van der Waals surface area contributed by atoms with Gasteiger partial charge in [0.15, 0.2) is 0 Å². The Balaban J connectivity index is 2.03. The van der Waals surface area contributed by atoms with E-state index in [-0.39, 0.29) is 0 Å². The molecule has 2 aliphatic heterocycles. The Morgan fingerprint density at radius 2 is 1.78 bits per heavy atom. The van der Waals surface area contributed by atoms with Crippen LogP contribution in [0, 0.1) is 0 Å². The quantitative estimate of drug-likeness (QED) is 0.469. The number of hydrogen-bond donors (Lipinski definition) is 0. The Morgan fingerprint density at radius 1 is 1.22 bits per heavy atom. The molecule has 2 heterocycles. The smallest absolute Gasteiger partial charge is 0.0707 e. The monoisotopic (exact) mass is 127 g/mol. The third kappa shape index (κ3) is 0.970. The van der Waals surface area contributed by atoms with E-state index < -0.39 is 0 Å². The number of likely N-dealkylation sites (tertiary alicyclic amines) is 1. The van der Waals surface area contributed by atoms with E-state index in [1.165, 1.54) is 12.8 Å². The molecule has 2 saturated heterocycles. The van der Waals surface area contributed by atoms with Crippen molar-refractivity contribution in [1.82, 2.24) is 4.90 Å². The molecule has 0 aromatic rings. The first kappa shape index (κ1) is 5.69. The Hall–Kier alpha value is -0.0800. The lowest BCUT2D eigenvalue weighted by Gasteiger charge is -2.28. The van der Waals surface area contributed by atoms with Crippen molar-refractivity contribution in [3.63, 3.8) is 0 Å². The summed E-state index contributed by atoms with van der Waals surface area (Å²) < 4.78 is 5.63. The highest BCUT2D eigenvalue weighted by Gasteiger charge is 2.31. The van der Waals surface area contributed by atoms with Crippen molar-refractivity contribution in [1.29, 1.82) is 0 Å². The molecule has 0 aliphatic carbocycles. The summed E-state index contributed by atoms with van der Waals surface area (Å²) in [6, 6.07) is 0. The molecule has 52 valence electrons. The number of fused-ring (bicyclic) bond motifs is 2. The van der Waals surface area contributed by atoms with Crippen LogP contribution in [0.1, 0.15) is 12.8 Å². The van der Waals surface area contributed by atoms with E-state index in [2.05, 4.69) is 11.9 Å². The summed E-state index contributed by atoms with van der Waals surface area (Å²) in [5, 5.41) is 0. The van der Waals surface area contributed by atoms with Gasteiger partial charge < -0.3 is 9.64 Å². The molecule has 0 aromatic carbocycles. The molecule has 0 aromatic heterocycles. The molecule has 2 bridgehead atoms. The molecular formula is C7H13NO. The van der Waals surface area contributed by atoms with Gasteiger partial charge >= 0.3 is 0 Å². The maximum atomic E-state index is 5.63. The predicted octanol–water partition coefficient (Wildman–Crippen LogP) is 0.479. The first-order valence-corrected chi connectivity index (χ1v) is 3.68. The molecule has 9 heavy (non-hydrogen) atoms. The van der Waals surface area contributed by atoms with Crippen LogP contribution < -0.4 is 0 Å². The molecule has 2 aliphatic rings. The fourth-order valence-electron chi connectivity index (χ4n) is 1.82. The Morgan fingerprint density at radius 3 is 2.33 bits per heavy atom. The number of nitrogens with zero attached hydrogens (tertiary/aromatic N) is 1. The first-order valence-electron chi connectivity index (χ1n) is 3.68. The molecule has 0 amide bonds. The van der Waals surface area contributed by atoms with E-state index in [0.29, 0.717) is 12.2 Å². The van der Waals surface area contributed by atoms with Crippen LogP contribution in [0.15, 0.2) is 0 Å². The van der Waals surface area contributed by atoms with Crippen LogP contribution in [-0.2, 0) is 4.74 Å². The topological polar surface area (TPSA) is 12.5 Å². The second kappa shape index (κ2) is 1.96. The molecule has 0 N–H and O–H groups in total. The predicted molar refractivity (Wildman–Crippen MR) is 35.4 cm³/mol. The lowest BCUT2D eigenvalue weighted by Crippen LogP contribution is -2.39. The Bertz CT molecular complexity index is 103. The van der Waals surface area contributed by atoms with Gasteiger partial charge in [0.1, 0.15) is 0 Å². The van der Waals surface area contributed by atoms with E-state index in [9.17, 15) is 0 Å². The fraction of sp³-hybridized carbons (Fsp3) is 1.00. The van der Waals surface area contributed by atoms with Gasteiger partial charge in [-0.15, -0.1) is 0 Å². The molecule has 2 fully saturated rings. The second-order valence-corrected chi connectivity index (χ2v) is 3.18. The normalized spacial score (nSPS) is 43.7. The van der Waals surface area contributed by atoms with E-state index in [4.69, 9.17) is 4.74 Å². The largest absolute Gasteiger partial charge is 0.372 e. The standard InChI is InChI=1S/C7H13NO/c1-8-4-6-2-3-7(5-8)9-6/h6-7H,2-5H2,1H3/t6-,7?/m1/s1. The van der Waals surface area contributed by atoms with Gasteiger partial charge in [0.2, 0.25) is 0 Å². The number of rotatable bonds is 0. The van der Waals surface area contributed by atoms with Gasteiger partial charge in [-0.25, -0.2) is 0 Å². The average molecular weight is 127 g/mol. The SMILES string of the molecule is CN1CC2CC[C@H](C1)O2. The second-order valence-electron chi connectivity index (χ2n) is 3.18. The van der Waals surface area contributed by atoms with Crippen LogP contribution in [-0.4, -0.2) is 37.2 Å². The van der Waals surface area contributed by atoms with Crippen LogP contribution in [0.5, 0.6) is 0 Å². The average Bonchev–Trinajstić information content (AvgIpc) is 2.11. The van der Waals surface area contributed by atoms with Gasteiger partial charge in [-0.2, -0.15) is 0 Å². The number of likely N-dealkylation sites (N-methyl/N-ethyl adjacent to an activating group) is 1. The zero-order valence-electron chi connectivity index (χ0n) is 5.84. The molecule has 2 heteroatoms. The fourth-order valence-corrected chi connectivity index (χ4v) is 1.82. The summed E-state index contributed by atoms with van der Waals surface area (Å²) in [6.45, 7) is 2.30. The van der Waals surface area contributed by atoms with E-state index in [1.807, 2.05) is 0 Å². The lowest BCUT2D eigenvalue weighted by molar-refractivity contribution is -0.0293. The summed E-state index contributed by atoms with van der Waals surface area (Å²) in [5.74, 6) is 0. The molecule has 0 spiro atoms. The molecule has 2 rings (SSSR count). The van der Waals surface area contributed by atoms with Crippen LogP contribution in [0.25, 0.3) is 0 Å². The minimum Gasteiger partial charge on any atom is -0.372 e. The van der Waals surface area contributed by atoms with Gasteiger partial charge in [-0.05, 0) is 19.9 Å². The molecule has 0 saturated carbocycles. The highest BCUT2D eigenvalue weighted by atomic mass is 16.5. The number of hydrogen-bond acceptors (Lipinski definition) is 2. The van der Waals surface area contributed by atoms with Crippen molar-refractivity contribution in [2.75, 3.05) is 20.1 Å². The molecule has 2 atom stereocenters. The van der Waals surface area contributed by atoms with Crippen molar-refractivity contribution < 1.29 is 4.74 Å². The van der Waals surface area contributed by atoms with Gasteiger partial charge in [-0.3, -0.25) is 0 Å². The Labute approximate surface area is 55.8 Å². The maximum absolute atomic E-state index is 5.63. The molecule has 0 radical (unpaired) electrons. The van der Waals surface area contributed by atoms with Crippen molar-refractivity contribution in [2.45, 2.75) is 25.0 Å². The molecule has 2 nitrogen and oxygen atoms in total. The van der Waals surface area contributed by atoms with Gasteiger partial charge in [0.25, 0.3) is 0 Å². The third-order valence-electron chi connectivity index (χ3n) is 2.23. The van der Waals surface area contributed by atoms with Crippen molar-refractivity contribution >= 4 is 0 Å². The minimum absolute atomic E-state index is 0.564. The van der Waals surface area contributed by atoms with Gasteiger partial charge in [-0.1, -0.05) is 0 Å². The molecule has 1 unspecified atom stereocenters. The van der Waals surface area contributed by atoms with Crippen LogP contribution in [0.2, 0.25) is 0 Å². The van der Waals surface area contributed by atoms with Crippen LogP contribution >= 0.6 is 0 Å². The summed E-state index contributed by atoms with van der Waals surface area (Å²) >= 11 is 0. The Kier molecular flexibility index (Phi) is 1.24. The minimum atomic E-state index is 0.564. The maximum Gasteiger partial charge on any atom is 0.0707 e. The lowest BCUT2D eigenvalue weighted by atomic mass is 10.2. The first-order chi connectivity index (χ1) is 4.34. The van der Waals surface area contributed by atoms with Crippen LogP contribution in [0.4, 0.5) is 0 Å². The van der Waals surface area contributed by atoms with E-state index in [1.54, 1.807) is 0 Å². The zero-order valence-corrected chi connectivity index (χ0v) is 5.84. The highest BCUT2D eigenvalue weighted by Crippen LogP contribution is 2.24. The number of ether oxygens (including phenoxy) is 1. The zero-order chi connectivity index (χ0) is 6.27. The van der Waals surface area contributed by atoms with Crippen molar-refractivity contribution in [3.05, 3.63) is 0 Å². The molecular weight excluding hydrogens is 114 g/mol. The summed E-state index contributed by atoms with van der Waals surface area (Å²) in [4.78, 5) is 2.37. The summed E-state index contributed by atoms with van der Waals surface area (Å²) in [5.41, 5.74) is 0. The van der Waals surface area contributed by atoms with E-state index in [0.717, 1.165) is 13.1 Å². The van der Waals surface area contributed by atoms with Gasteiger partial charge in [0.05, 0.1) is 12.2 Å². The van der Waals surface area contributed by atoms with Crippen molar-refractivity contribution in [2.24, 2.45) is 0 Å². The highest BCUT2D eigenvalue weighted by molar-refractivity contribution is 4.82. The third-order valence-corrected chi connectivity index (χ3v) is 2.23. The summed E-state index contributed by atoms with van der Waals surface area (Å²) in [7, 11) is 2.17. The van der Waals surface area contributed by atoms with Crippen LogP contribution in [0.3, 0.4) is 0 Å².